The van der Waals surface area contributed by atoms with Gasteiger partial charge in [0, 0.05) is 24.0 Å². The number of carbonyl (C=O) groups is 1. The minimum atomic E-state index is -0.388. The van der Waals surface area contributed by atoms with E-state index in [1.165, 1.54) is 5.56 Å². The van der Waals surface area contributed by atoms with Gasteiger partial charge in [-0.05, 0) is 35.7 Å². The van der Waals surface area contributed by atoms with E-state index in [0.717, 1.165) is 35.7 Å². The number of ether oxygens (including phenoxy) is 1. The van der Waals surface area contributed by atoms with Crippen LogP contribution in [0.3, 0.4) is 0 Å². The van der Waals surface area contributed by atoms with E-state index in [0.29, 0.717) is 0 Å². The molecule has 0 aliphatic carbocycles. The molecule has 1 atom stereocenters. The summed E-state index contributed by atoms with van der Waals surface area (Å²) in [5.74, 6) is 0.668. The van der Waals surface area contributed by atoms with Gasteiger partial charge in [-0.2, -0.15) is 0 Å². The van der Waals surface area contributed by atoms with Gasteiger partial charge in [0.15, 0.2) is 0 Å². The van der Waals surface area contributed by atoms with Gasteiger partial charge in [-0.1, -0.05) is 54.6 Å². The van der Waals surface area contributed by atoms with Crippen molar-refractivity contribution in [2.24, 2.45) is 0 Å². The number of benzene rings is 3. The van der Waals surface area contributed by atoms with Gasteiger partial charge in [-0.3, -0.25) is 4.79 Å². The lowest BCUT2D eigenvalue weighted by Gasteiger charge is -2.30. The first kappa shape index (κ1) is 17.2. The number of rotatable bonds is 5. The maximum Gasteiger partial charge on any atom is 0.251 e. The molecule has 4 nitrogen and oxygen atoms in total. The van der Waals surface area contributed by atoms with Gasteiger partial charge in [0.2, 0.25) is 0 Å². The molecular weight excluding hydrogens is 336 g/mol. The van der Waals surface area contributed by atoms with Crippen molar-refractivity contribution >= 4 is 17.3 Å². The van der Waals surface area contributed by atoms with Gasteiger partial charge in [0.05, 0.1) is 7.11 Å². The largest absolute Gasteiger partial charge is 0.497 e. The molecule has 0 radical (unpaired) electrons. The zero-order valence-electron chi connectivity index (χ0n) is 15.3. The number of carbonyl (C=O) groups excluding carboxylic acids is 1. The number of nitrogens with one attached hydrogen (secondary N) is 1. The smallest absolute Gasteiger partial charge is 0.251 e. The Labute approximate surface area is 159 Å². The summed E-state index contributed by atoms with van der Waals surface area (Å²) in [5.41, 5.74) is 4.13. The summed E-state index contributed by atoms with van der Waals surface area (Å²) in [6.07, 6.45) is 0.950. The molecule has 0 fully saturated rings. The van der Waals surface area contributed by atoms with Gasteiger partial charge < -0.3 is 15.0 Å². The van der Waals surface area contributed by atoms with Crippen molar-refractivity contribution in [2.75, 3.05) is 23.9 Å². The van der Waals surface area contributed by atoms with Gasteiger partial charge in [-0.25, -0.2) is 0 Å². The lowest BCUT2D eigenvalue weighted by atomic mass is 10.0. The fourth-order valence-corrected chi connectivity index (χ4v) is 3.65. The summed E-state index contributed by atoms with van der Waals surface area (Å²) < 4.78 is 5.27. The fourth-order valence-electron chi connectivity index (χ4n) is 3.65. The summed E-state index contributed by atoms with van der Waals surface area (Å²) >= 11 is 0. The molecule has 0 unspecified atom stereocenters. The van der Waals surface area contributed by atoms with Gasteiger partial charge in [-0.15, -0.1) is 0 Å². The highest BCUT2D eigenvalue weighted by molar-refractivity contribution is 5.98. The average Bonchev–Trinajstić information content (AvgIpc) is 3.13. The van der Waals surface area contributed by atoms with Crippen LogP contribution in [0.4, 0.5) is 11.4 Å². The molecule has 27 heavy (non-hydrogen) atoms. The van der Waals surface area contributed by atoms with E-state index < -0.39 is 0 Å². The Morgan fingerprint density at radius 3 is 2.59 bits per heavy atom. The summed E-state index contributed by atoms with van der Waals surface area (Å²) in [6.45, 7) is 0.824. The fraction of sp³-hybridized carbons (Fsp3) is 0.174. The second-order valence-corrected chi connectivity index (χ2v) is 6.61. The van der Waals surface area contributed by atoms with E-state index in [9.17, 15) is 4.79 Å². The zero-order chi connectivity index (χ0) is 18.6. The Balaban J connectivity index is 1.67. The van der Waals surface area contributed by atoms with Crippen LogP contribution in [0.5, 0.6) is 5.75 Å². The van der Waals surface area contributed by atoms with E-state index in [4.69, 9.17) is 4.74 Å². The van der Waals surface area contributed by atoms with Crippen LogP contribution in [0, 0.1) is 0 Å². The summed E-state index contributed by atoms with van der Waals surface area (Å²) in [4.78, 5) is 15.5. The molecule has 0 saturated carbocycles. The first-order valence-electron chi connectivity index (χ1n) is 9.10. The number of methoxy groups -OCH3 is 1. The molecule has 1 aliphatic rings. The topological polar surface area (TPSA) is 41.6 Å². The number of nitrogens with zero attached hydrogens (tertiary/aromatic N) is 1. The van der Waals surface area contributed by atoms with Crippen LogP contribution in [-0.4, -0.2) is 19.6 Å². The third-order valence-electron chi connectivity index (χ3n) is 4.94. The van der Waals surface area contributed by atoms with Crippen molar-refractivity contribution in [1.82, 2.24) is 0 Å². The molecule has 0 aromatic heterocycles. The van der Waals surface area contributed by atoms with Gasteiger partial charge in [0.1, 0.15) is 11.8 Å². The second-order valence-electron chi connectivity index (χ2n) is 6.61. The van der Waals surface area contributed by atoms with E-state index >= 15 is 0 Å². The first-order chi connectivity index (χ1) is 13.3. The molecule has 0 spiro atoms. The van der Waals surface area contributed by atoms with E-state index in [1.54, 1.807) is 7.11 Å². The van der Waals surface area contributed by atoms with Crippen LogP contribution in [-0.2, 0) is 11.2 Å². The first-order valence-corrected chi connectivity index (χ1v) is 9.10. The third kappa shape index (κ3) is 3.51. The molecule has 4 rings (SSSR count). The normalized spacial score (nSPS) is 13.7. The van der Waals surface area contributed by atoms with E-state index in [-0.39, 0.29) is 11.9 Å². The molecule has 136 valence electrons. The minimum Gasteiger partial charge on any atom is -0.497 e. The maximum atomic E-state index is 13.3. The van der Waals surface area contributed by atoms with Crippen LogP contribution in [0.15, 0.2) is 78.9 Å². The van der Waals surface area contributed by atoms with Crippen molar-refractivity contribution in [2.45, 2.75) is 12.5 Å². The molecule has 1 heterocycles. The zero-order valence-corrected chi connectivity index (χ0v) is 15.3. The van der Waals surface area contributed by atoms with Crippen molar-refractivity contribution in [3.63, 3.8) is 0 Å². The Hall–Kier alpha value is -3.27. The van der Waals surface area contributed by atoms with Gasteiger partial charge in [0.25, 0.3) is 5.91 Å². The average molecular weight is 358 g/mol. The number of fused-ring (bicyclic) bond motifs is 1. The van der Waals surface area contributed by atoms with Gasteiger partial charge >= 0.3 is 0 Å². The highest BCUT2D eigenvalue weighted by Crippen LogP contribution is 2.35. The Morgan fingerprint density at radius 2 is 1.78 bits per heavy atom. The maximum absolute atomic E-state index is 13.3. The minimum absolute atomic E-state index is 0.0499. The second kappa shape index (κ2) is 7.54. The molecule has 1 amide bonds. The number of para-hydroxylation sites is 1. The number of amides is 1. The molecule has 1 N–H and O–H groups in total. The standard InChI is InChI=1S/C23H22N2O2/c1-27-20-12-7-11-19(16-20)24-23(26)22(18-9-3-2-4-10-18)25-15-14-17-8-5-6-13-21(17)25/h2-13,16,22H,14-15H2,1H3,(H,24,26)/t22-/m1/s1. The highest BCUT2D eigenvalue weighted by atomic mass is 16.5. The van der Waals surface area contributed by atoms with Crippen LogP contribution in [0.1, 0.15) is 17.2 Å². The predicted octanol–water partition coefficient (Wildman–Crippen LogP) is 4.44. The van der Waals surface area contributed by atoms with Crippen LogP contribution < -0.4 is 15.0 Å². The molecule has 4 heteroatoms. The van der Waals surface area contributed by atoms with Crippen molar-refractivity contribution in [3.05, 3.63) is 90.0 Å². The van der Waals surface area contributed by atoms with Crippen molar-refractivity contribution in [1.29, 1.82) is 0 Å². The molecule has 0 bridgehead atoms. The molecule has 3 aromatic carbocycles. The van der Waals surface area contributed by atoms with E-state index in [1.807, 2.05) is 60.7 Å². The summed E-state index contributed by atoms with van der Waals surface area (Å²) in [5, 5.41) is 3.06. The van der Waals surface area contributed by atoms with Crippen LogP contribution >= 0.6 is 0 Å². The lowest BCUT2D eigenvalue weighted by Crippen LogP contribution is -2.36. The molecule has 0 saturated heterocycles. The SMILES string of the molecule is COc1cccc(NC(=O)[C@@H](c2ccccc2)N2CCc3ccccc32)c1. The van der Waals surface area contributed by atoms with Crippen molar-refractivity contribution < 1.29 is 9.53 Å². The number of hydrogen-bond donors (Lipinski definition) is 1. The predicted molar refractivity (Wildman–Crippen MR) is 108 cm³/mol. The quantitative estimate of drug-likeness (QED) is 0.733. The monoisotopic (exact) mass is 358 g/mol. The molecule has 3 aromatic rings. The van der Waals surface area contributed by atoms with Crippen LogP contribution in [0.2, 0.25) is 0 Å². The van der Waals surface area contributed by atoms with Crippen molar-refractivity contribution in [3.8, 4) is 5.75 Å². The Morgan fingerprint density at radius 1 is 1.00 bits per heavy atom. The van der Waals surface area contributed by atoms with E-state index in [2.05, 4.69) is 28.4 Å². The van der Waals surface area contributed by atoms with Crippen LogP contribution in [0.25, 0.3) is 0 Å². The number of anilines is 2. The molecule has 1 aliphatic heterocycles. The summed E-state index contributed by atoms with van der Waals surface area (Å²) in [7, 11) is 1.62. The Bertz CT molecular complexity index is 940. The third-order valence-corrected chi connectivity index (χ3v) is 4.94. The molecular formula is C23H22N2O2. The summed E-state index contributed by atoms with van der Waals surface area (Å²) in [6, 6.07) is 25.3. The lowest BCUT2D eigenvalue weighted by molar-refractivity contribution is -0.117. The number of hydrogen-bond acceptors (Lipinski definition) is 3. The Kier molecular flexibility index (Phi) is 4.79. The highest BCUT2D eigenvalue weighted by Gasteiger charge is 2.32.